The number of nitrogens with two attached hydrogens (primary N) is 1. The molecule has 0 spiro atoms. The maximum atomic E-state index is 14.9. The van der Waals surface area contributed by atoms with Crippen molar-refractivity contribution in [3.05, 3.63) is 54.1 Å². The quantitative estimate of drug-likeness (QED) is 0.526. The average Bonchev–Trinajstić information content (AvgIpc) is 3.21. The standard InChI is InChI=1S/C22H24F3N7O2/c1-29-7-9-31(10-8-29)15-3-4-16(23)18(12-15)32(34-21(24)25)22-27-6-5-17(28-22)19-11-14(20(26)33)13-30(19)2/h3-6,11-13,21H,7-10H2,1-2H3,(H2,26,33). The molecule has 0 aliphatic carbocycles. The van der Waals surface area contributed by atoms with Crippen LogP contribution >= 0.6 is 0 Å². The van der Waals surface area contributed by atoms with Crippen molar-refractivity contribution in [2.24, 2.45) is 12.8 Å². The van der Waals surface area contributed by atoms with Crippen LogP contribution in [0.25, 0.3) is 11.4 Å². The Morgan fingerprint density at radius 1 is 1.15 bits per heavy atom. The van der Waals surface area contributed by atoms with E-state index in [9.17, 15) is 18.0 Å². The number of nitrogens with zero attached hydrogens (tertiary/aromatic N) is 6. The van der Waals surface area contributed by atoms with Crippen LogP contribution in [-0.4, -0.2) is 65.2 Å². The molecular weight excluding hydrogens is 451 g/mol. The molecule has 0 atom stereocenters. The molecule has 0 saturated carbocycles. The zero-order valence-electron chi connectivity index (χ0n) is 18.7. The van der Waals surface area contributed by atoms with Gasteiger partial charge < -0.3 is 20.1 Å². The lowest BCUT2D eigenvalue weighted by Crippen LogP contribution is -2.44. The van der Waals surface area contributed by atoms with Crippen molar-refractivity contribution in [3.8, 4) is 11.4 Å². The lowest BCUT2D eigenvalue weighted by atomic mass is 10.2. The van der Waals surface area contributed by atoms with Gasteiger partial charge in [0, 0.05) is 51.3 Å². The van der Waals surface area contributed by atoms with E-state index in [0.29, 0.717) is 35.2 Å². The van der Waals surface area contributed by atoms with Gasteiger partial charge in [0.15, 0.2) is 0 Å². The van der Waals surface area contributed by atoms with Crippen molar-refractivity contribution in [1.82, 2.24) is 19.4 Å². The van der Waals surface area contributed by atoms with Gasteiger partial charge in [-0.25, -0.2) is 14.4 Å². The van der Waals surface area contributed by atoms with Crippen molar-refractivity contribution in [2.75, 3.05) is 43.2 Å². The number of hydrogen-bond acceptors (Lipinski definition) is 7. The molecule has 3 aromatic rings. The summed E-state index contributed by atoms with van der Waals surface area (Å²) in [4.78, 5) is 28.7. The molecule has 180 valence electrons. The number of benzene rings is 1. The van der Waals surface area contributed by atoms with Gasteiger partial charge in [-0.3, -0.25) is 4.79 Å². The average molecular weight is 475 g/mol. The van der Waals surface area contributed by atoms with E-state index in [-0.39, 0.29) is 17.2 Å². The maximum absolute atomic E-state index is 14.9. The van der Waals surface area contributed by atoms with Crippen LogP contribution in [0, 0.1) is 5.82 Å². The summed E-state index contributed by atoms with van der Waals surface area (Å²) in [6.07, 6.45) is 2.85. The van der Waals surface area contributed by atoms with Gasteiger partial charge in [0.25, 0.3) is 5.95 Å². The molecule has 1 aliphatic heterocycles. The first-order valence-electron chi connectivity index (χ1n) is 10.5. The summed E-state index contributed by atoms with van der Waals surface area (Å²) in [6.45, 7) is -0.203. The van der Waals surface area contributed by atoms with Gasteiger partial charge in [-0.15, -0.1) is 0 Å². The Balaban J connectivity index is 1.73. The van der Waals surface area contributed by atoms with Crippen molar-refractivity contribution >= 4 is 23.2 Å². The third-order valence-electron chi connectivity index (χ3n) is 5.58. The molecule has 34 heavy (non-hydrogen) atoms. The van der Waals surface area contributed by atoms with E-state index in [1.54, 1.807) is 17.7 Å². The Morgan fingerprint density at radius 2 is 1.88 bits per heavy atom. The van der Waals surface area contributed by atoms with Gasteiger partial charge in [-0.2, -0.15) is 18.7 Å². The van der Waals surface area contributed by atoms with Gasteiger partial charge >= 0.3 is 6.61 Å². The molecule has 2 N–H and O–H groups in total. The number of aromatic nitrogens is 3. The predicted octanol–water partition coefficient (Wildman–Crippen LogP) is 2.76. The number of aryl methyl sites for hydroxylation is 1. The molecule has 0 unspecified atom stereocenters. The highest BCUT2D eigenvalue weighted by Crippen LogP contribution is 2.32. The van der Waals surface area contributed by atoms with Gasteiger partial charge in [-0.1, -0.05) is 0 Å². The van der Waals surface area contributed by atoms with E-state index in [2.05, 4.69) is 19.7 Å². The Labute approximate surface area is 194 Å². The molecule has 1 aliphatic rings. The third-order valence-corrected chi connectivity index (χ3v) is 5.58. The number of anilines is 3. The Hall–Kier alpha value is -3.64. The second-order valence-electron chi connectivity index (χ2n) is 7.92. The minimum Gasteiger partial charge on any atom is -0.369 e. The highest BCUT2D eigenvalue weighted by atomic mass is 19.3. The van der Waals surface area contributed by atoms with Crippen LogP contribution in [0.1, 0.15) is 10.4 Å². The Morgan fingerprint density at radius 3 is 2.53 bits per heavy atom. The maximum Gasteiger partial charge on any atom is 0.365 e. The number of primary amides is 1. The number of piperazine rings is 1. The zero-order valence-corrected chi connectivity index (χ0v) is 18.7. The number of hydrogen-bond donors (Lipinski definition) is 1. The van der Waals surface area contributed by atoms with Crippen LogP contribution in [-0.2, 0) is 11.9 Å². The molecule has 0 radical (unpaired) electrons. The van der Waals surface area contributed by atoms with Crippen LogP contribution in [0.3, 0.4) is 0 Å². The Bertz CT molecular complexity index is 1180. The number of likely N-dealkylation sites (N-methyl/N-ethyl adjacent to an activating group) is 1. The summed E-state index contributed by atoms with van der Waals surface area (Å²) in [5, 5.41) is 0.584. The van der Waals surface area contributed by atoms with Crippen LogP contribution in [0.15, 0.2) is 42.7 Å². The smallest absolute Gasteiger partial charge is 0.365 e. The summed E-state index contributed by atoms with van der Waals surface area (Å²) >= 11 is 0. The van der Waals surface area contributed by atoms with Crippen molar-refractivity contribution in [3.63, 3.8) is 0 Å². The van der Waals surface area contributed by atoms with Gasteiger partial charge in [-0.05, 0) is 37.4 Å². The second-order valence-corrected chi connectivity index (χ2v) is 7.92. The van der Waals surface area contributed by atoms with Crippen molar-refractivity contribution in [1.29, 1.82) is 0 Å². The van der Waals surface area contributed by atoms with E-state index in [0.717, 1.165) is 13.1 Å². The molecule has 2 aromatic heterocycles. The molecule has 1 fully saturated rings. The van der Waals surface area contributed by atoms with Crippen LogP contribution < -0.4 is 15.7 Å². The second kappa shape index (κ2) is 9.69. The fraction of sp³-hybridized carbons (Fsp3) is 0.318. The first-order valence-corrected chi connectivity index (χ1v) is 10.5. The minimum absolute atomic E-state index is 0.251. The topological polar surface area (TPSA) is 92.8 Å². The van der Waals surface area contributed by atoms with E-state index < -0.39 is 18.3 Å². The van der Waals surface area contributed by atoms with Gasteiger partial charge in [0.1, 0.15) is 11.5 Å². The predicted molar refractivity (Wildman–Crippen MR) is 120 cm³/mol. The summed E-state index contributed by atoms with van der Waals surface area (Å²) in [5.74, 6) is -1.70. The SMILES string of the molecule is CN1CCN(c2ccc(F)c(N(OC(F)F)c3nccc(-c4cc(C(N)=O)cn4C)n3)c2)CC1. The minimum atomic E-state index is -3.25. The molecule has 9 nitrogen and oxygen atoms in total. The van der Waals surface area contributed by atoms with E-state index in [1.807, 2.05) is 11.9 Å². The lowest BCUT2D eigenvalue weighted by molar-refractivity contribution is -0.130. The molecule has 1 aromatic carbocycles. The first-order chi connectivity index (χ1) is 16.2. The number of alkyl halides is 2. The van der Waals surface area contributed by atoms with E-state index in [1.165, 1.54) is 36.7 Å². The molecule has 1 amide bonds. The molecule has 1 saturated heterocycles. The molecule has 12 heteroatoms. The zero-order chi connectivity index (χ0) is 24.4. The fourth-order valence-corrected chi connectivity index (χ4v) is 3.75. The van der Waals surface area contributed by atoms with Crippen LogP contribution in [0.2, 0.25) is 0 Å². The summed E-state index contributed by atoms with van der Waals surface area (Å²) in [6, 6.07) is 7.28. The number of carbonyl (C=O) groups excluding carboxylic acids is 1. The highest BCUT2D eigenvalue weighted by Gasteiger charge is 2.25. The molecular formula is C22H24F3N7O2. The molecule has 0 bridgehead atoms. The monoisotopic (exact) mass is 475 g/mol. The molecule has 4 rings (SSSR count). The van der Waals surface area contributed by atoms with Crippen molar-refractivity contribution < 1.29 is 22.8 Å². The highest BCUT2D eigenvalue weighted by molar-refractivity contribution is 5.94. The number of carbonyl (C=O) groups is 1. The van der Waals surface area contributed by atoms with Crippen molar-refractivity contribution in [2.45, 2.75) is 6.61 Å². The van der Waals surface area contributed by atoms with Gasteiger partial charge in [0.05, 0.1) is 17.0 Å². The Kier molecular flexibility index (Phi) is 6.70. The first kappa shape index (κ1) is 23.5. The van der Waals surface area contributed by atoms with Crippen LogP contribution in [0.5, 0.6) is 0 Å². The number of halogens is 3. The summed E-state index contributed by atoms with van der Waals surface area (Å²) in [7, 11) is 3.69. The van der Waals surface area contributed by atoms with Crippen LogP contribution in [0.4, 0.5) is 30.5 Å². The lowest BCUT2D eigenvalue weighted by Gasteiger charge is -2.34. The number of rotatable bonds is 7. The normalized spacial score (nSPS) is 14.6. The third kappa shape index (κ3) is 4.97. The summed E-state index contributed by atoms with van der Waals surface area (Å²) in [5.41, 5.74) is 6.80. The van der Waals surface area contributed by atoms with E-state index in [4.69, 9.17) is 5.73 Å². The number of amides is 1. The largest absolute Gasteiger partial charge is 0.369 e. The summed E-state index contributed by atoms with van der Waals surface area (Å²) < 4.78 is 43.2. The van der Waals surface area contributed by atoms with E-state index >= 15 is 0 Å². The fourth-order valence-electron chi connectivity index (χ4n) is 3.75. The van der Waals surface area contributed by atoms with Gasteiger partial charge in [0.2, 0.25) is 5.91 Å². The molecule has 3 heterocycles.